The van der Waals surface area contributed by atoms with E-state index >= 15 is 0 Å². The summed E-state index contributed by atoms with van der Waals surface area (Å²) in [6.45, 7) is 2.38. The lowest BCUT2D eigenvalue weighted by Gasteiger charge is -2.26. The second-order valence-corrected chi connectivity index (χ2v) is 6.41. The van der Waals surface area contributed by atoms with Crippen molar-refractivity contribution in [3.63, 3.8) is 0 Å². The number of ether oxygens (including phenoxy) is 1. The summed E-state index contributed by atoms with van der Waals surface area (Å²) >= 11 is 0. The summed E-state index contributed by atoms with van der Waals surface area (Å²) < 4.78 is 19.2. The molecule has 0 fully saturated rings. The molecule has 1 aliphatic carbocycles. The van der Waals surface area contributed by atoms with Crippen LogP contribution in [0.1, 0.15) is 23.6 Å². The van der Waals surface area contributed by atoms with Crippen LogP contribution in [0.3, 0.4) is 0 Å². The van der Waals surface area contributed by atoms with Crippen LogP contribution in [0.15, 0.2) is 60.7 Å². The first-order chi connectivity index (χ1) is 11.6. The summed E-state index contributed by atoms with van der Waals surface area (Å²) in [5.74, 6) is -0.233. The average Bonchev–Trinajstić information content (AvgIpc) is 2.81. The molecule has 2 aromatic carbocycles. The molecule has 1 aliphatic rings. The number of hydrogen-bond donors (Lipinski definition) is 1. The van der Waals surface area contributed by atoms with E-state index in [0.29, 0.717) is 19.4 Å². The van der Waals surface area contributed by atoms with Gasteiger partial charge in [-0.15, -0.1) is 0 Å². The molecule has 0 aromatic heterocycles. The van der Waals surface area contributed by atoms with Gasteiger partial charge >= 0.3 is 0 Å². The van der Waals surface area contributed by atoms with Gasteiger partial charge in [-0.3, -0.25) is 0 Å². The number of aliphatic hydroxyl groups excluding tert-OH is 1. The number of halogens is 1. The van der Waals surface area contributed by atoms with Crippen LogP contribution in [0.4, 0.5) is 4.39 Å². The Bertz CT molecular complexity index is 696. The van der Waals surface area contributed by atoms with Crippen molar-refractivity contribution in [3.05, 3.63) is 83.2 Å². The minimum Gasteiger partial charge on any atom is -0.390 e. The number of allylic oxidation sites excluding steroid dienone is 1. The zero-order valence-electron chi connectivity index (χ0n) is 13.9. The molecule has 3 heteroatoms. The fraction of sp³-hybridized carbons (Fsp3) is 0.333. The van der Waals surface area contributed by atoms with E-state index in [1.54, 1.807) is 6.07 Å². The van der Waals surface area contributed by atoms with Gasteiger partial charge in [0.15, 0.2) is 0 Å². The zero-order chi connectivity index (χ0) is 16.9. The topological polar surface area (TPSA) is 29.5 Å². The molecule has 0 saturated heterocycles. The van der Waals surface area contributed by atoms with E-state index in [-0.39, 0.29) is 17.8 Å². The molecule has 0 spiro atoms. The first-order valence-electron chi connectivity index (χ1n) is 8.41. The Kier molecular flexibility index (Phi) is 5.44. The van der Waals surface area contributed by atoms with Crippen LogP contribution in [0.25, 0.3) is 0 Å². The van der Waals surface area contributed by atoms with Gasteiger partial charge in [0, 0.05) is 5.92 Å². The molecule has 0 radical (unpaired) electrons. The number of fused-ring (bicyclic) bond motifs is 1. The Hall–Kier alpha value is -1.97. The third-order valence-corrected chi connectivity index (χ3v) is 4.62. The van der Waals surface area contributed by atoms with Crippen molar-refractivity contribution < 1.29 is 14.2 Å². The van der Waals surface area contributed by atoms with Crippen molar-refractivity contribution in [2.75, 3.05) is 0 Å². The maximum Gasteiger partial charge on any atom is 0.123 e. The van der Waals surface area contributed by atoms with Gasteiger partial charge in [-0.2, -0.15) is 0 Å². The van der Waals surface area contributed by atoms with Crippen molar-refractivity contribution in [2.24, 2.45) is 5.92 Å². The molecule has 0 amide bonds. The molecule has 3 rings (SSSR count). The SMILES string of the molecule is C[C@H](OCc1ccccc1)[C@H](O)[C@@H]1C=CCc2cc(F)ccc2C1. The fourth-order valence-electron chi connectivity index (χ4n) is 3.16. The highest BCUT2D eigenvalue weighted by Crippen LogP contribution is 2.25. The van der Waals surface area contributed by atoms with Crippen LogP contribution in [0.2, 0.25) is 0 Å². The predicted octanol–water partition coefficient (Wildman–Crippen LogP) is 4.06. The van der Waals surface area contributed by atoms with Gasteiger partial charge in [0.05, 0.1) is 18.8 Å². The minimum absolute atomic E-state index is 0.0255. The highest BCUT2D eigenvalue weighted by atomic mass is 19.1. The smallest absolute Gasteiger partial charge is 0.123 e. The standard InChI is InChI=1S/C21H23FO2/c1-15(24-14-16-6-3-2-4-7-16)21(23)19-9-5-8-17-13-20(22)11-10-18(17)12-19/h2-7,9-11,13,15,19,21,23H,8,12,14H2,1H3/t15-,19+,21-/m0/s1. The van der Waals surface area contributed by atoms with Gasteiger partial charge in [-0.25, -0.2) is 4.39 Å². The van der Waals surface area contributed by atoms with Gasteiger partial charge in [0.25, 0.3) is 0 Å². The molecule has 0 bridgehead atoms. The van der Waals surface area contributed by atoms with Crippen molar-refractivity contribution >= 4 is 0 Å². The van der Waals surface area contributed by atoms with Crippen LogP contribution < -0.4 is 0 Å². The Morgan fingerprint density at radius 3 is 2.75 bits per heavy atom. The third kappa shape index (κ3) is 4.11. The van der Waals surface area contributed by atoms with E-state index in [9.17, 15) is 9.50 Å². The number of rotatable bonds is 5. The zero-order valence-corrected chi connectivity index (χ0v) is 13.9. The van der Waals surface area contributed by atoms with Crippen molar-refractivity contribution in [1.29, 1.82) is 0 Å². The molecule has 1 N–H and O–H groups in total. The Morgan fingerprint density at radius 1 is 1.17 bits per heavy atom. The number of aliphatic hydroxyl groups is 1. The predicted molar refractivity (Wildman–Crippen MR) is 93.1 cm³/mol. The largest absolute Gasteiger partial charge is 0.390 e. The van der Waals surface area contributed by atoms with Crippen molar-refractivity contribution in [1.82, 2.24) is 0 Å². The Labute approximate surface area is 142 Å². The molecule has 0 aliphatic heterocycles. The molecule has 126 valence electrons. The maximum atomic E-state index is 13.4. The summed E-state index contributed by atoms with van der Waals surface area (Å²) in [6, 6.07) is 14.8. The second kappa shape index (κ2) is 7.73. The lowest BCUT2D eigenvalue weighted by molar-refractivity contribution is -0.0513. The van der Waals surface area contributed by atoms with Crippen LogP contribution >= 0.6 is 0 Å². The molecule has 0 unspecified atom stereocenters. The molecule has 3 atom stereocenters. The normalized spacial score (nSPS) is 19.4. The number of hydrogen-bond acceptors (Lipinski definition) is 2. The van der Waals surface area contributed by atoms with Crippen molar-refractivity contribution in [2.45, 2.75) is 38.6 Å². The molecular weight excluding hydrogens is 303 g/mol. The highest BCUT2D eigenvalue weighted by molar-refractivity contribution is 5.32. The van der Waals surface area contributed by atoms with E-state index in [1.807, 2.05) is 55.5 Å². The lowest BCUT2D eigenvalue weighted by atomic mass is 9.91. The van der Waals surface area contributed by atoms with Gasteiger partial charge < -0.3 is 9.84 Å². The molecule has 0 saturated carbocycles. The summed E-state index contributed by atoms with van der Waals surface area (Å²) in [4.78, 5) is 0. The van der Waals surface area contributed by atoms with Crippen LogP contribution in [0, 0.1) is 11.7 Å². The van der Waals surface area contributed by atoms with Gasteiger partial charge in [-0.05, 0) is 48.6 Å². The first kappa shape index (κ1) is 16.9. The van der Waals surface area contributed by atoms with Crippen LogP contribution in [0.5, 0.6) is 0 Å². The van der Waals surface area contributed by atoms with Gasteiger partial charge in [0.1, 0.15) is 5.82 Å². The Morgan fingerprint density at radius 2 is 1.96 bits per heavy atom. The average molecular weight is 326 g/mol. The third-order valence-electron chi connectivity index (χ3n) is 4.62. The summed E-state index contributed by atoms with van der Waals surface area (Å²) in [5.41, 5.74) is 3.19. The van der Waals surface area contributed by atoms with Crippen LogP contribution in [-0.2, 0) is 24.2 Å². The van der Waals surface area contributed by atoms with Crippen molar-refractivity contribution in [3.8, 4) is 0 Å². The van der Waals surface area contributed by atoms with Gasteiger partial charge in [-0.1, -0.05) is 48.6 Å². The monoisotopic (exact) mass is 326 g/mol. The maximum absolute atomic E-state index is 13.4. The summed E-state index contributed by atoms with van der Waals surface area (Å²) in [7, 11) is 0. The van der Waals surface area contributed by atoms with E-state index in [1.165, 1.54) is 6.07 Å². The van der Waals surface area contributed by atoms with E-state index < -0.39 is 6.10 Å². The summed E-state index contributed by atoms with van der Waals surface area (Å²) in [5, 5.41) is 10.7. The molecular formula is C21H23FO2. The van der Waals surface area contributed by atoms with Crippen LogP contribution in [-0.4, -0.2) is 17.3 Å². The van der Waals surface area contributed by atoms with E-state index in [4.69, 9.17) is 4.74 Å². The second-order valence-electron chi connectivity index (χ2n) is 6.41. The molecule has 2 aromatic rings. The number of benzene rings is 2. The molecule has 24 heavy (non-hydrogen) atoms. The minimum atomic E-state index is -0.596. The van der Waals surface area contributed by atoms with E-state index in [2.05, 4.69) is 0 Å². The Balaban J connectivity index is 1.63. The summed E-state index contributed by atoms with van der Waals surface area (Å²) in [6.07, 6.45) is 4.58. The molecule has 0 heterocycles. The lowest BCUT2D eigenvalue weighted by Crippen LogP contribution is -2.33. The molecule has 2 nitrogen and oxygen atoms in total. The highest BCUT2D eigenvalue weighted by Gasteiger charge is 2.25. The van der Waals surface area contributed by atoms with E-state index in [0.717, 1.165) is 16.7 Å². The van der Waals surface area contributed by atoms with Gasteiger partial charge in [0.2, 0.25) is 0 Å². The first-order valence-corrected chi connectivity index (χ1v) is 8.41. The quantitative estimate of drug-likeness (QED) is 0.840. The fourth-order valence-corrected chi connectivity index (χ4v) is 3.16.